The van der Waals surface area contributed by atoms with Crippen LogP contribution in [0.15, 0.2) is 54.6 Å². The zero-order valence-corrected chi connectivity index (χ0v) is 19.0. The number of carbonyl (C=O) groups excluding carboxylic acids is 1. The summed E-state index contributed by atoms with van der Waals surface area (Å²) in [6, 6.07) is 17.0. The van der Waals surface area contributed by atoms with Crippen LogP contribution in [0.25, 0.3) is 10.9 Å². The molecule has 2 aromatic carbocycles. The number of hydrogen-bond acceptors (Lipinski definition) is 3. The molecule has 5 nitrogen and oxygen atoms in total. The number of rotatable bonds is 7. The van der Waals surface area contributed by atoms with E-state index in [0.29, 0.717) is 24.7 Å². The number of amides is 1. The standard InChI is InChI=1S/C27H32FN3O2/c28-24-9-3-1-7-22(24)18-30-13-11-20(12-14-30)17-31(19-23-8-5-15-33-23)27(32)26-16-21-6-2-4-10-25(21)29-26/h1-4,6-7,9-10,16,20,23,29H,5,8,11-15,17-19H2/t23-/m1/s1. The molecule has 3 aromatic rings. The Morgan fingerprint density at radius 3 is 2.61 bits per heavy atom. The third kappa shape index (κ3) is 5.28. The van der Waals surface area contributed by atoms with Gasteiger partial charge in [0.05, 0.1) is 6.10 Å². The number of halogens is 1. The fraction of sp³-hybridized carbons (Fsp3) is 0.444. The van der Waals surface area contributed by atoms with Gasteiger partial charge in [-0.05, 0) is 62.9 Å². The van der Waals surface area contributed by atoms with Gasteiger partial charge < -0.3 is 14.6 Å². The molecular formula is C27H32FN3O2. The fourth-order valence-corrected chi connectivity index (χ4v) is 5.14. The van der Waals surface area contributed by atoms with Gasteiger partial charge in [0.1, 0.15) is 11.5 Å². The summed E-state index contributed by atoms with van der Waals surface area (Å²) in [5, 5.41) is 1.05. The average Bonchev–Trinajstić information content (AvgIpc) is 3.50. The Kier molecular flexibility index (Phi) is 6.74. The van der Waals surface area contributed by atoms with Gasteiger partial charge in [0, 0.05) is 42.7 Å². The van der Waals surface area contributed by atoms with Gasteiger partial charge in [-0.1, -0.05) is 36.4 Å². The number of piperidine rings is 1. The molecule has 0 saturated carbocycles. The Morgan fingerprint density at radius 2 is 1.85 bits per heavy atom. The van der Waals surface area contributed by atoms with E-state index in [1.54, 1.807) is 6.07 Å². The Balaban J connectivity index is 1.23. The Morgan fingerprint density at radius 1 is 1.06 bits per heavy atom. The van der Waals surface area contributed by atoms with Gasteiger partial charge in [-0.2, -0.15) is 0 Å². The van der Waals surface area contributed by atoms with Crippen molar-refractivity contribution in [3.8, 4) is 0 Å². The smallest absolute Gasteiger partial charge is 0.270 e. The molecule has 2 fully saturated rings. The molecule has 2 aliphatic heterocycles. The number of ether oxygens (including phenoxy) is 1. The van der Waals surface area contributed by atoms with Crippen molar-refractivity contribution in [2.24, 2.45) is 5.92 Å². The quantitative estimate of drug-likeness (QED) is 0.562. The average molecular weight is 450 g/mol. The lowest BCUT2D eigenvalue weighted by molar-refractivity contribution is 0.0441. The van der Waals surface area contributed by atoms with Crippen LogP contribution in [0, 0.1) is 11.7 Å². The number of para-hydroxylation sites is 1. The number of likely N-dealkylation sites (tertiary alicyclic amines) is 1. The van der Waals surface area contributed by atoms with Gasteiger partial charge in [0.2, 0.25) is 0 Å². The van der Waals surface area contributed by atoms with Crippen molar-refractivity contribution >= 4 is 16.8 Å². The molecule has 1 N–H and O–H groups in total. The molecule has 5 rings (SSSR count). The van der Waals surface area contributed by atoms with E-state index >= 15 is 0 Å². The molecule has 0 radical (unpaired) electrons. The number of carbonyl (C=O) groups is 1. The number of hydrogen-bond donors (Lipinski definition) is 1. The predicted molar refractivity (Wildman–Crippen MR) is 128 cm³/mol. The second kappa shape index (κ2) is 10.1. The molecule has 33 heavy (non-hydrogen) atoms. The highest BCUT2D eigenvalue weighted by molar-refractivity contribution is 5.98. The van der Waals surface area contributed by atoms with Crippen LogP contribution >= 0.6 is 0 Å². The van der Waals surface area contributed by atoms with Gasteiger partial charge in [0.25, 0.3) is 5.91 Å². The van der Waals surface area contributed by atoms with Gasteiger partial charge in [-0.25, -0.2) is 4.39 Å². The van der Waals surface area contributed by atoms with E-state index in [1.165, 1.54) is 6.07 Å². The second-order valence-electron chi connectivity index (χ2n) is 9.43. The minimum absolute atomic E-state index is 0.0514. The summed E-state index contributed by atoms with van der Waals surface area (Å²) in [5.41, 5.74) is 2.38. The monoisotopic (exact) mass is 449 g/mol. The Labute approximate surface area is 194 Å². The first-order chi connectivity index (χ1) is 16.2. The lowest BCUT2D eigenvalue weighted by Gasteiger charge is -2.35. The van der Waals surface area contributed by atoms with Crippen LogP contribution in [0.1, 0.15) is 41.7 Å². The third-order valence-electron chi connectivity index (χ3n) is 7.03. The largest absolute Gasteiger partial charge is 0.376 e. The molecule has 174 valence electrons. The van der Waals surface area contributed by atoms with Gasteiger partial charge in [0.15, 0.2) is 0 Å². The Hall–Kier alpha value is -2.70. The highest BCUT2D eigenvalue weighted by atomic mass is 19.1. The van der Waals surface area contributed by atoms with Gasteiger partial charge in [-0.15, -0.1) is 0 Å². The summed E-state index contributed by atoms with van der Waals surface area (Å²) < 4.78 is 19.9. The molecule has 3 heterocycles. The SMILES string of the molecule is O=C(c1cc2ccccc2[nH]1)N(CC1CCN(Cc2ccccc2F)CC1)C[C@H]1CCCO1. The minimum atomic E-state index is -0.133. The summed E-state index contributed by atoms with van der Waals surface area (Å²) in [5.74, 6) is 0.360. The van der Waals surface area contributed by atoms with Crippen molar-refractivity contribution < 1.29 is 13.9 Å². The molecule has 1 amide bonds. The van der Waals surface area contributed by atoms with E-state index < -0.39 is 0 Å². The van der Waals surface area contributed by atoms with Crippen LogP contribution in [0.3, 0.4) is 0 Å². The zero-order chi connectivity index (χ0) is 22.6. The zero-order valence-electron chi connectivity index (χ0n) is 19.0. The van der Waals surface area contributed by atoms with E-state index in [1.807, 2.05) is 47.4 Å². The van der Waals surface area contributed by atoms with Crippen LogP contribution in [-0.2, 0) is 11.3 Å². The first-order valence-electron chi connectivity index (χ1n) is 12.1. The molecule has 2 saturated heterocycles. The summed E-state index contributed by atoms with van der Waals surface area (Å²) in [7, 11) is 0. The van der Waals surface area contributed by atoms with Crippen molar-refractivity contribution in [2.45, 2.75) is 38.3 Å². The van der Waals surface area contributed by atoms with Crippen molar-refractivity contribution in [3.05, 3.63) is 71.7 Å². The number of nitrogens with zero attached hydrogens (tertiary/aromatic N) is 2. The van der Waals surface area contributed by atoms with Crippen molar-refractivity contribution in [3.63, 3.8) is 0 Å². The molecular weight excluding hydrogens is 417 g/mol. The van der Waals surface area contributed by atoms with Crippen LogP contribution < -0.4 is 0 Å². The third-order valence-corrected chi connectivity index (χ3v) is 7.03. The Bertz CT molecular complexity index is 1050. The molecule has 0 bridgehead atoms. The molecule has 2 aliphatic rings. The van der Waals surface area contributed by atoms with E-state index in [2.05, 4.69) is 9.88 Å². The first kappa shape index (κ1) is 22.1. The first-order valence-corrected chi connectivity index (χ1v) is 12.1. The van der Waals surface area contributed by atoms with Gasteiger partial charge in [-0.3, -0.25) is 9.69 Å². The lowest BCUT2D eigenvalue weighted by Crippen LogP contribution is -2.43. The van der Waals surface area contributed by atoms with Crippen LogP contribution in [-0.4, -0.2) is 59.6 Å². The maximum Gasteiger partial charge on any atom is 0.270 e. The van der Waals surface area contributed by atoms with Crippen molar-refractivity contribution in [1.29, 1.82) is 0 Å². The van der Waals surface area contributed by atoms with Crippen LogP contribution in [0.4, 0.5) is 4.39 Å². The summed E-state index contributed by atoms with van der Waals surface area (Å²) in [6.45, 7) is 4.66. The van der Waals surface area contributed by atoms with E-state index in [9.17, 15) is 9.18 Å². The number of fused-ring (bicyclic) bond motifs is 1. The molecule has 1 aromatic heterocycles. The summed E-state index contributed by atoms with van der Waals surface area (Å²) >= 11 is 0. The second-order valence-corrected chi connectivity index (χ2v) is 9.43. The van der Waals surface area contributed by atoms with Gasteiger partial charge >= 0.3 is 0 Å². The maximum atomic E-state index is 14.0. The molecule has 0 unspecified atom stereocenters. The van der Waals surface area contributed by atoms with E-state index in [4.69, 9.17) is 4.74 Å². The number of nitrogens with one attached hydrogen (secondary N) is 1. The van der Waals surface area contributed by atoms with E-state index in [0.717, 1.165) is 68.4 Å². The lowest BCUT2D eigenvalue weighted by atomic mass is 9.95. The predicted octanol–water partition coefficient (Wildman–Crippen LogP) is 4.84. The molecule has 0 spiro atoms. The number of aromatic nitrogens is 1. The van der Waals surface area contributed by atoms with Crippen LogP contribution in [0.5, 0.6) is 0 Å². The van der Waals surface area contributed by atoms with Crippen molar-refractivity contribution in [2.75, 3.05) is 32.8 Å². The molecule has 1 atom stereocenters. The number of benzene rings is 2. The maximum absolute atomic E-state index is 14.0. The highest BCUT2D eigenvalue weighted by Crippen LogP contribution is 2.24. The minimum Gasteiger partial charge on any atom is -0.376 e. The fourth-order valence-electron chi connectivity index (χ4n) is 5.14. The topological polar surface area (TPSA) is 48.6 Å². The van der Waals surface area contributed by atoms with Crippen LogP contribution in [0.2, 0.25) is 0 Å². The van der Waals surface area contributed by atoms with Crippen molar-refractivity contribution in [1.82, 2.24) is 14.8 Å². The molecule has 0 aliphatic carbocycles. The number of H-pyrrole nitrogens is 1. The summed E-state index contributed by atoms with van der Waals surface area (Å²) in [6.07, 6.45) is 4.22. The number of aromatic amines is 1. The normalized spacial score (nSPS) is 19.8. The highest BCUT2D eigenvalue weighted by Gasteiger charge is 2.28. The van der Waals surface area contributed by atoms with E-state index in [-0.39, 0.29) is 17.8 Å². The molecule has 6 heteroatoms. The summed E-state index contributed by atoms with van der Waals surface area (Å²) in [4.78, 5) is 21.1.